The van der Waals surface area contributed by atoms with Crippen molar-refractivity contribution in [2.75, 3.05) is 0 Å². The van der Waals surface area contributed by atoms with Gasteiger partial charge in [0.1, 0.15) is 0 Å². The van der Waals surface area contributed by atoms with E-state index in [4.69, 9.17) is 0 Å². The molecule has 74 valence electrons. The molecule has 0 N–H and O–H groups in total. The summed E-state index contributed by atoms with van der Waals surface area (Å²) >= 11 is 0. The van der Waals surface area contributed by atoms with Crippen LogP contribution in [0.5, 0.6) is 0 Å². The van der Waals surface area contributed by atoms with Crippen molar-refractivity contribution < 1.29 is 0 Å². The first-order valence-electron chi connectivity index (χ1n) is 5.74. The zero-order valence-electron chi connectivity index (χ0n) is 9.43. The molecule has 0 amide bonds. The second kappa shape index (κ2) is 2.87. The zero-order chi connectivity index (χ0) is 9.64. The van der Waals surface area contributed by atoms with E-state index in [1.165, 1.54) is 19.3 Å². The van der Waals surface area contributed by atoms with E-state index in [9.17, 15) is 0 Å². The Morgan fingerprint density at radius 2 is 2.08 bits per heavy atom. The van der Waals surface area contributed by atoms with Crippen LogP contribution in [0.25, 0.3) is 0 Å². The van der Waals surface area contributed by atoms with Crippen molar-refractivity contribution in [2.24, 2.45) is 23.2 Å². The predicted octanol–water partition coefficient (Wildman–Crippen LogP) is 4.02. The monoisotopic (exact) mass is 178 g/mol. The molecule has 0 bridgehead atoms. The fraction of sp³-hybridized carbons (Fsp3) is 0.846. The lowest BCUT2D eigenvalue weighted by atomic mass is 9.47. The topological polar surface area (TPSA) is 0 Å². The average Bonchev–Trinajstić information content (AvgIpc) is 2.10. The van der Waals surface area contributed by atoms with E-state index in [0.717, 1.165) is 17.8 Å². The zero-order valence-corrected chi connectivity index (χ0v) is 9.43. The molecule has 0 heterocycles. The van der Waals surface area contributed by atoms with Crippen molar-refractivity contribution in [3.63, 3.8) is 0 Å². The molecular formula is C13H22. The summed E-state index contributed by atoms with van der Waals surface area (Å²) in [6, 6.07) is 0. The molecule has 0 heteroatoms. The molecule has 2 fully saturated rings. The van der Waals surface area contributed by atoms with Crippen LogP contribution in [-0.4, -0.2) is 0 Å². The van der Waals surface area contributed by atoms with Crippen molar-refractivity contribution in [2.45, 2.75) is 47.0 Å². The van der Waals surface area contributed by atoms with E-state index in [1.54, 1.807) is 5.57 Å². The Kier molecular flexibility index (Phi) is 2.05. The number of fused-ring (bicyclic) bond motifs is 1. The minimum atomic E-state index is 0.652. The molecule has 0 aromatic carbocycles. The normalized spacial score (nSPS) is 52.9. The molecule has 0 aromatic heterocycles. The highest BCUT2D eigenvalue weighted by molar-refractivity contribution is 5.20. The Morgan fingerprint density at radius 3 is 2.54 bits per heavy atom. The Hall–Kier alpha value is -0.260. The molecule has 0 aliphatic heterocycles. The second-order valence-electron chi connectivity index (χ2n) is 5.43. The molecule has 0 radical (unpaired) electrons. The number of hydrogen-bond donors (Lipinski definition) is 0. The highest BCUT2D eigenvalue weighted by Gasteiger charge is 2.52. The first-order chi connectivity index (χ1) is 6.09. The summed E-state index contributed by atoms with van der Waals surface area (Å²) in [6.07, 6.45) is 6.65. The van der Waals surface area contributed by atoms with Gasteiger partial charge in [-0.25, -0.2) is 0 Å². The number of rotatable bonds is 0. The van der Waals surface area contributed by atoms with E-state index in [2.05, 4.69) is 33.8 Å². The van der Waals surface area contributed by atoms with Crippen LogP contribution >= 0.6 is 0 Å². The Bertz CT molecular complexity index is 238. The van der Waals surface area contributed by atoms with Crippen LogP contribution in [0.4, 0.5) is 0 Å². The number of hydrogen-bond acceptors (Lipinski definition) is 0. The van der Waals surface area contributed by atoms with Crippen molar-refractivity contribution in [1.82, 2.24) is 0 Å². The maximum Gasteiger partial charge on any atom is -0.0146 e. The third kappa shape index (κ3) is 1.11. The summed E-state index contributed by atoms with van der Waals surface area (Å²) in [5, 5.41) is 0. The average molecular weight is 178 g/mol. The highest BCUT2D eigenvalue weighted by atomic mass is 14.6. The van der Waals surface area contributed by atoms with Crippen molar-refractivity contribution in [3.05, 3.63) is 11.6 Å². The molecule has 0 aromatic rings. The van der Waals surface area contributed by atoms with Gasteiger partial charge in [-0.2, -0.15) is 0 Å². The lowest BCUT2D eigenvalue weighted by Gasteiger charge is -2.58. The van der Waals surface area contributed by atoms with Gasteiger partial charge in [0.25, 0.3) is 0 Å². The van der Waals surface area contributed by atoms with Gasteiger partial charge in [-0.3, -0.25) is 0 Å². The summed E-state index contributed by atoms with van der Waals surface area (Å²) in [6.45, 7) is 9.61. The Morgan fingerprint density at radius 1 is 1.38 bits per heavy atom. The molecule has 4 atom stereocenters. The van der Waals surface area contributed by atoms with Crippen LogP contribution in [0.15, 0.2) is 11.6 Å². The molecule has 0 spiro atoms. The minimum absolute atomic E-state index is 0.652. The summed E-state index contributed by atoms with van der Waals surface area (Å²) in [4.78, 5) is 0. The molecule has 2 rings (SSSR count). The maximum absolute atomic E-state index is 2.50. The first-order valence-corrected chi connectivity index (χ1v) is 5.74. The van der Waals surface area contributed by atoms with E-state index in [1.807, 2.05) is 0 Å². The van der Waals surface area contributed by atoms with Gasteiger partial charge in [0.05, 0.1) is 0 Å². The van der Waals surface area contributed by atoms with E-state index in [0.29, 0.717) is 5.41 Å². The fourth-order valence-electron chi connectivity index (χ4n) is 3.56. The molecular weight excluding hydrogens is 156 g/mol. The first kappa shape index (κ1) is 9.30. The van der Waals surface area contributed by atoms with E-state index in [-0.39, 0.29) is 0 Å². The van der Waals surface area contributed by atoms with Crippen LogP contribution in [0, 0.1) is 23.2 Å². The summed E-state index contributed by atoms with van der Waals surface area (Å²) in [5.74, 6) is 2.76. The van der Waals surface area contributed by atoms with Crippen LogP contribution in [0.2, 0.25) is 0 Å². The quantitative estimate of drug-likeness (QED) is 0.491. The third-order valence-corrected chi connectivity index (χ3v) is 5.04. The molecule has 2 saturated carbocycles. The smallest absolute Gasteiger partial charge is 0.0146 e. The third-order valence-electron chi connectivity index (χ3n) is 5.04. The largest absolute Gasteiger partial charge is 0.0881 e. The SMILES string of the molecule is C/C=C1/CC(C)C(C)C2(C)CCC12. The Labute approximate surface area is 82.4 Å². The van der Waals surface area contributed by atoms with Crippen molar-refractivity contribution in [1.29, 1.82) is 0 Å². The van der Waals surface area contributed by atoms with Gasteiger partial charge in [0.15, 0.2) is 0 Å². The van der Waals surface area contributed by atoms with E-state index >= 15 is 0 Å². The summed E-state index contributed by atoms with van der Waals surface area (Å²) in [7, 11) is 0. The van der Waals surface area contributed by atoms with Crippen LogP contribution in [0.1, 0.15) is 47.0 Å². The Balaban J connectivity index is 2.27. The van der Waals surface area contributed by atoms with Crippen molar-refractivity contribution in [3.8, 4) is 0 Å². The molecule has 0 nitrogen and oxygen atoms in total. The minimum Gasteiger partial charge on any atom is -0.0881 e. The molecule has 0 saturated heterocycles. The fourth-order valence-corrected chi connectivity index (χ4v) is 3.56. The lowest BCUT2D eigenvalue weighted by molar-refractivity contribution is -0.0353. The molecule has 2 aliphatic rings. The van der Waals surface area contributed by atoms with Gasteiger partial charge in [-0.15, -0.1) is 0 Å². The standard InChI is InChI=1S/C13H22/c1-5-11-8-9(2)10(3)13(4)7-6-12(11)13/h5,9-10,12H,6-8H2,1-4H3/b11-5-. The lowest BCUT2D eigenvalue weighted by Crippen LogP contribution is -2.49. The van der Waals surface area contributed by atoms with Gasteiger partial charge in [0, 0.05) is 0 Å². The summed E-state index contributed by atoms with van der Waals surface area (Å²) < 4.78 is 0. The van der Waals surface area contributed by atoms with Gasteiger partial charge in [-0.05, 0) is 49.4 Å². The van der Waals surface area contributed by atoms with Crippen molar-refractivity contribution >= 4 is 0 Å². The summed E-state index contributed by atoms with van der Waals surface area (Å²) in [5.41, 5.74) is 2.40. The van der Waals surface area contributed by atoms with Crippen LogP contribution in [-0.2, 0) is 0 Å². The molecule has 2 aliphatic carbocycles. The van der Waals surface area contributed by atoms with E-state index < -0.39 is 0 Å². The molecule has 13 heavy (non-hydrogen) atoms. The van der Waals surface area contributed by atoms with Crippen LogP contribution in [0.3, 0.4) is 0 Å². The predicted molar refractivity (Wildman–Crippen MR) is 57.5 cm³/mol. The van der Waals surface area contributed by atoms with Gasteiger partial charge >= 0.3 is 0 Å². The highest BCUT2D eigenvalue weighted by Crippen LogP contribution is 2.61. The second-order valence-corrected chi connectivity index (χ2v) is 5.43. The van der Waals surface area contributed by atoms with Crippen LogP contribution < -0.4 is 0 Å². The van der Waals surface area contributed by atoms with Gasteiger partial charge in [-0.1, -0.05) is 32.4 Å². The molecule has 4 unspecified atom stereocenters. The maximum atomic E-state index is 2.50. The van der Waals surface area contributed by atoms with Gasteiger partial charge < -0.3 is 0 Å². The van der Waals surface area contributed by atoms with Gasteiger partial charge in [0.2, 0.25) is 0 Å². The number of allylic oxidation sites excluding steroid dienone is 2.